The molecule has 0 unspecified atom stereocenters. The first-order valence-corrected chi connectivity index (χ1v) is 1.80. The van der Waals surface area contributed by atoms with Crippen LogP contribution in [0.2, 0.25) is 0 Å². The molecule has 0 aliphatic rings. The van der Waals surface area contributed by atoms with Crippen LogP contribution in [0, 0.1) is 0 Å². The summed E-state index contributed by atoms with van der Waals surface area (Å²) in [5.41, 5.74) is 0. The van der Waals surface area contributed by atoms with Crippen molar-refractivity contribution in [1.29, 1.82) is 0 Å². The molecule has 3 N–H and O–H groups in total. The maximum absolute atomic E-state index is 7.23. The monoisotopic (exact) mass is 286 g/mol. The summed E-state index contributed by atoms with van der Waals surface area (Å²) in [6.07, 6.45) is 0. The van der Waals surface area contributed by atoms with E-state index in [1.54, 1.807) is 0 Å². The summed E-state index contributed by atoms with van der Waals surface area (Å²) < 4.78 is 0. The van der Waals surface area contributed by atoms with Gasteiger partial charge in [-0.15, -0.1) is 0 Å². The van der Waals surface area contributed by atoms with Crippen molar-refractivity contribution < 1.29 is 34.2 Å². The molecule has 0 spiro atoms. The molecule has 0 amide bonds. The van der Waals surface area contributed by atoms with Crippen LogP contribution in [-0.4, -0.2) is 63.6 Å². The normalized spacial score (nSPS) is 6.00. The maximum atomic E-state index is 7.23. The van der Waals surface area contributed by atoms with Crippen LogP contribution in [0.4, 0.5) is 0 Å². The van der Waals surface area contributed by atoms with Gasteiger partial charge in [-0.25, -0.2) is 0 Å². The van der Waals surface area contributed by atoms with Crippen molar-refractivity contribution >= 4 is 57.5 Å². The van der Waals surface area contributed by atoms with Crippen LogP contribution in [0.5, 0.6) is 0 Å². The Morgan fingerprint density at radius 2 is 1.00 bits per heavy atom. The van der Waals surface area contributed by atoms with Gasteiger partial charge < -0.3 is 14.7 Å². The van der Waals surface area contributed by atoms with Crippen LogP contribution in [0.15, 0.2) is 0 Å². The smallest absolute Gasteiger partial charge is 0 e. The molecule has 0 heterocycles. The second kappa shape index (κ2) is 10.5. The zero-order valence-corrected chi connectivity index (χ0v) is 6.36. The molecule has 0 aromatic heterocycles. The van der Waals surface area contributed by atoms with Crippen LogP contribution in [-0.2, 0) is 19.5 Å². The Labute approximate surface area is 90.0 Å². The van der Waals surface area contributed by atoms with Gasteiger partial charge in [0, 0.05) is 19.5 Å². The first-order chi connectivity index (χ1) is 1.73. The number of hydrogen-bond donors (Lipinski definition) is 3. The van der Waals surface area contributed by atoms with Gasteiger partial charge in [-0.2, -0.15) is 0 Å². The predicted molar refractivity (Wildman–Crippen MR) is 22.1 cm³/mol. The minimum atomic E-state index is -2.62. The van der Waals surface area contributed by atoms with E-state index in [0.29, 0.717) is 0 Å². The third kappa shape index (κ3) is 31.4. The zero-order valence-electron chi connectivity index (χ0n) is 2.50. The van der Waals surface area contributed by atoms with Gasteiger partial charge >= 0.3 is 57.5 Å². The van der Waals surface area contributed by atoms with Crippen LogP contribution < -0.4 is 0 Å². The Bertz CT molecular complexity index is 15.5. The van der Waals surface area contributed by atoms with Crippen LogP contribution >= 0.6 is 8.60 Å². The Morgan fingerprint density at radius 1 is 1.00 bits per heavy atom. The van der Waals surface area contributed by atoms with E-state index in [9.17, 15) is 0 Å². The van der Waals surface area contributed by atoms with Crippen molar-refractivity contribution in [2.45, 2.75) is 0 Å². The predicted octanol–water partition coefficient (Wildman–Crippen LogP) is -1.73. The van der Waals surface area contributed by atoms with E-state index < -0.39 is 8.60 Å². The van der Waals surface area contributed by atoms with Gasteiger partial charge in [0.2, 0.25) is 0 Å². The van der Waals surface area contributed by atoms with E-state index >= 15 is 0 Å². The summed E-state index contributed by atoms with van der Waals surface area (Å²) in [6, 6.07) is 0. The van der Waals surface area contributed by atoms with Crippen molar-refractivity contribution in [3.8, 4) is 0 Å². The molecule has 0 aliphatic heterocycles. The Balaban J connectivity index is -0.0000000450. The van der Waals surface area contributed by atoms with Gasteiger partial charge in [-0.3, -0.25) is 0 Å². The largest absolute Gasteiger partial charge is 0 e. The summed E-state index contributed by atoms with van der Waals surface area (Å²) in [7, 11) is -2.62. The average Bonchev–Trinajstić information content (AvgIpc) is 0.811. The van der Waals surface area contributed by atoms with Crippen LogP contribution in [0.25, 0.3) is 0 Å². The molecule has 6 heavy (non-hydrogen) atoms. The second-order valence-electron chi connectivity index (χ2n) is 0.268. The SMILES string of the molecule is OP(O)O.[BaH2].[Zn]. The topological polar surface area (TPSA) is 60.7 Å². The van der Waals surface area contributed by atoms with Gasteiger partial charge in [-0.1, -0.05) is 0 Å². The first kappa shape index (κ1) is 15.8. The minimum absolute atomic E-state index is 0. The van der Waals surface area contributed by atoms with Crippen molar-refractivity contribution in [1.82, 2.24) is 0 Å². The summed E-state index contributed by atoms with van der Waals surface area (Å²) >= 11 is 0. The molecular formula is H5BaO3PZn. The number of rotatable bonds is 0. The Morgan fingerprint density at radius 3 is 1.00 bits per heavy atom. The van der Waals surface area contributed by atoms with Crippen LogP contribution in [0.1, 0.15) is 0 Å². The standard InChI is InChI=1S/Ba.H3O3P.Zn.2H/c;1-4(2)3;;;/h;1-3H;;;. The van der Waals surface area contributed by atoms with Gasteiger partial charge in [0.05, 0.1) is 0 Å². The molecule has 0 atom stereocenters. The fourth-order valence-electron chi connectivity index (χ4n) is 0. The molecule has 0 aromatic rings. The third-order valence-electron chi connectivity index (χ3n) is 0. The van der Waals surface area contributed by atoms with E-state index in [-0.39, 0.29) is 68.4 Å². The minimum Gasteiger partial charge on any atom is 0 e. The number of hydrogen-bond acceptors (Lipinski definition) is 3. The van der Waals surface area contributed by atoms with Gasteiger partial charge in [-0.05, 0) is 0 Å². The molecule has 0 fully saturated rings. The third-order valence-corrected chi connectivity index (χ3v) is 0. The van der Waals surface area contributed by atoms with Crippen molar-refractivity contribution in [3.63, 3.8) is 0 Å². The summed E-state index contributed by atoms with van der Waals surface area (Å²) in [5.74, 6) is 0. The van der Waals surface area contributed by atoms with E-state index in [0.717, 1.165) is 0 Å². The molecule has 0 aromatic carbocycles. The van der Waals surface area contributed by atoms with Crippen LogP contribution in [0.3, 0.4) is 0 Å². The summed E-state index contributed by atoms with van der Waals surface area (Å²) in [5, 5.41) is 0. The molecular weight excluding hydrogens is 282 g/mol. The van der Waals surface area contributed by atoms with E-state index in [4.69, 9.17) is 14.7 Å². The molecule has 6 heteroatoms. The molecule has 0 bridgehead atoms. The zero-order chi connectivity index (χ0) is 3.58. The van der Waals surface area contributed by atoms with Crippen molar-refractivity contribution in [2.24, 2.45) is 0 Å². The molecule has 32 valence electrons. The molecule has 0 saturated carbocycles. The molecule has 0 saturated heterocycles. The van der Waals surface area contributed by atoms with E-state index in [2.05, 4.69) is 0 Å². The molecule has 0 aliphatic carbocycles. The summed E-state index contributed by atoms with van der Waals surface area (Å²) in [4.78, 5) is 21.7. The van der Waals surface area contributed by atoms with Gasteiger partial charge in [0.1, 0.15) is 0 Å². The Kier molecular flexibility index (Phi) is 27.6. The van der Waals surface area contributed by atoms with Crippen molar-refractivity contribution in [2.75, 3.05) is 0 Å². The van der Waals surface area contributed by atoms with Crippen molar-refractivity contribution in [3.05, 3.63) is 0 Å². The fraction of sp³-hybridized carbons (Fsp3) is 0. The molecule has 3 nitrogen and oxygen atoms in total. The molecule has 0 rings (SSSR count). The fourth-order valence-corrected chi connectivity index (χ4v) is 0. The van der Waals surface area contributed by atoms with E-state index in [1.165, 1.54) is 0 Å². The summed E-state index contributed by atoms with van der Waals surface area (Å²) in [6.45, 7) is 0. The first-order valence-electron chi connectivity index (χ1n) is 0.600. The van der Waals surface area contributed by atoms with E-state index in [1.807, 2.05) is 0 Å². The maximum Gasteiger partial charge on any atom is 0 e. The van der Waals surface area contributed by atoms with Gasteiger partial charge in [0.25, 0.3) is 0 Å². The quantitative estimate of drug-likeness (QED) is 0.366. The molecule has 0 radical (unpaired) electrons. The second-order valence-corrected chi connectivity index (χ2v) is 0.805. The average molecular weight is 287 g/mol. The van der Waals surface area contributed by atoms with Gasteiger partial charge in [0.15, 0.2) is 0 Å². The Hall–Kier alpha value is 2.50.